The third-order valence-electron chi connectivity index (χ3n) is 4.67. The van der Waals surface area contributed by atoms with Crippen LogP contribution < -0.4 is 0 Å². The Morgan fingerprint density at radius 2 is 1.78 bits per heavy atom. The molecule has 0 aliphatic carbocycles. The van der Waals surface area contributed by atoms with Crippen molar-refractivity contribution >= 4 is 5.78 Å². The maximum Gasteiger partial charge on any atom is 0.133 e. The molecule has 1 aromatic carbocycles. The van der Waals surface area contributed by atoms with Crippen molar-refractivity contribution in [1.29, 1.82) is 0 Å². The minimum atomic E-state index is 0.328. The average Bonchev–Trinajstić information content (AvgIpc) is 2.62. The summed E-state index contributed by atoms with van der Waals surface area (Å²) in [6.45, 7) is 2.82. The fraction of sp³-hybridized carbons (Fsp3) is 0.562. The second-order valence-electron chi connectivity index (χ2n) is 5.82. The molecule has 0 aromatic heterocycles. The van der Waals surface area contributed by atoms with E-state index >= 15 is 0 Å². The van der Waals surface area contributed by atoms with Gasteiger partial charge < -0.3 is 0 Å². The number of nitrogens with zero attached hydrogens (tertiary/aromatic N) is 1. The second-order valence-corrected chi connectivity index (χ2v) is 5.82. The summed E-state index contributed by atoms with van der Waals surface area (Å²) < 4.78 is 0. The summed E-state index contributed by atoms with van der Waals surface area (Å²) >= 11 is 0. The van der Waals surface area contributed by atoms with Gasteiger partial charge in [0, 0.05) is 24.5 Å². The quantitative estimate of drug-likeness (QED) is 0.813. The highest BCUT2D eigenvalue weighted by Crippen LogP contribution is 2.39. The molecule has 2 unspecified atom stereocenters. The van der Waals surface area contributed by atoms with Crippen molar-refractivity contribution < 1.29 is 4.79 Å². The lowest BCUT2D eigenvalue weighted by molar-refractivity contribution is -0.123. The summed E-state index contributed by atoms with van der Waals surface area (Å²) in [6.07, 6.45) is 4.72. The maximum atomic E-state index is 11.6. The van der Waals surface area contributed by atoms with E-state index in [4.69, 9.17) is 0 Å². The van der Waals surface area contributed by atoms with Gasteiger partial charge in [-0.05, 0) is 38.2 Å². The molecule has 2 aliphatic rings. The van der Waals surface area contributed by atoms with Crippen LogP contribution in [-0.4, -0.2) is 22.8 Å². The summed E-state index contributed by atoms with van der Waals surface area (Å²) in [5.74, 6) is 0.723. The lowest BCUT2D eigenvalue weighted by Gasteiger charge is -2.38. The first-order valence-corrected chi connectivity index (χ1v) is 7.04. The lowest BCUT2D eigenvalue weighted by atomic mass is 9.87. The number of piperidine rings is 1. The van der Waals surface area contributed by atoms with Gasteiger partial charge in [0.05, 0.1) is 0 Å². The van der Waals surface area contributed by atoms with Crippen LogP contribution in [0.15, 0.2) is 30.3 Å². The molecule has 3 rings (SSSR count). The molecule has 0 amide bonds. The standard InChI is InChI=1S/C16H21NO/c1-12(18)14-9-15-7-8-16(10-14)17(15)11-13-5-3-2-4-6-13/h2-6,14-16H,7-11H2,1H3. The highest BCUT2D eigenvalue weighted by molar-refractivity contribution is 5.78. The van der Waals surface area contributed by atoms with Gasteiger partial charge in [0.1, 0.15) is 5.78 Å². The first-order chi connectivity index (χ1) is 8.74. The molecule has 0 spiro atoms. The molecule has 0 radical (unpaired) electrons. The van der Waals surface area contributed by atoms with Crippen molar-refractivity contribution in [2.24, 2.45) is 5.92 Å². The van der Waals surface area contributed by atoms with E-state index in [2.05, 4.69) is 35.2 Å². The second kappa shape index (κ2) is 4.85. The number of ketones is 1. The molecule has 2 saturated heterocycles. The molecule has 2 aliphatic heterocycles. The molecule has 1 aromatic rings. The van der Waals surface area contributed by atoms with Crippen LogP contribution in [0.5, 0.6) is 0 Å². The number of hydrogen-bond donors (Lipinski definition) is 0. The average molecular weight is 243 g/mol. The zero-order valence-corrected chi connectivity index (χ0v) is 11.0. The molecular formula is C16H21NO. The van der Waals surface area contributed by atoms with Crippen LogP contribution >= 0.6 is 0 Å². The maximum absolute atomic E-state index is 11.6. The predicted molar refractivity (Wildman–Crippen MR) is 72.2 cm³/mol. The fourth-order valence-electron chi connectivity index (χ4n) is 3.66. The topological polar surface area (TPSA) is 20.3 Å². The van der Waals surface area contributed by atoms with Gasteiger partial charge in [-0.15, -0.1) is 0 Å². The van der Waals surface area contributed by atoms with Crippen LogP contribution in [0.4, 0.5) is 0 Å². The predicted octanol–water partition coefficient (Wildman–Crippen LogP) is 3.02. The Bertz CT molecular complexity index is 414. The number of Topliss-reactive ketones (excluding diaryl/α,β-unsaturated/α-hetero) is 1. The van der Waals surface area contributed by atoms with Crippen LogP contribution in [0.25, 0.3) is 0 Å². The molecule has 0 saturated carbocycles. The van der Waals surface area contributed by atoms with E-state index in [1.165, 1.54) is 18.4 Å². The van der Waals surface area contributed by atoms with Gasteiger partial charge in [-0.1, -0.05) is 30.3 Å². The van der Waals surface area contributed by atoms with Crippen LogP contribution in [0.3, 0.4) is 0 Å². The number of benzene rings is 1. The number of fused-ring (bicyclic) bond motifs is 2. The number of rotatable bonds is 3. The zero-order chi connectivity index (χ0) is 12.5. The van der Waals surface area contributed by atoms with Gasteiger partial charge in [-0.25, -0.2) is 0 Å². The molecule has 2 atom stereocenters. The highest BCUT2D eigenvalue weighted by atomic mass is 16.1. The third kappa shape index (κ3) is 2.22. The summed E-state index contributed by atoms with van der Waals surface area (Å²) in [5, 5.41) is 0. The normalized spacial score (nSPS) is 31.5. The molecule has 2 bridgehead atoms. The molecule has 18 heavy (non-hydrogen) atoms. The SMILES string of the molecule is CC(=O)C1CC2CCC(C1)N2Cc1ccccc1. The van der Waals surface area contributed by atoms with Crippen molar-refractivity contribution in [3.05, 3.63) is 35.9 Å². The smallest absolute Gasteiger partial charge is 0.133 e. The molecule has 0 N–H and O–H groups in total. The van der Waals surface area contributed by atoms with E-state index in [1.807, 2.05) is 0 Å². The number of carbonyl (C=O) groups is 1. The van der Waals surface area contributed by atoms with Crippen molar-refractivity contribution in [3.8, 4) is 0 Å². The van der Waals surface area contributed by atoms with Crippen LogP contribution in [0.2, 0.25) is 0 Å². The Balaban J connectivity index is 1.71. The Kier molecular flexibility index (Phi) is 3.21. The highest BCUT2D eigenvalue weighted by Gasteiger charge is 2.41. The van der Waals surface area contributed by atoms with Gasteiger partial charge in [-0.3, -0.25) is 9.69 Å². The fourth-order valence-corrected chi connectivity index (χ4v) is 3.66. The number of carbonyl (C=O) groups excluding carboxylic acids is 1. The van der Waals surface area contributed by atoms with Gasteiger partial charge in [0.2, 0.25) is 0 Å². The molecule has 2 heteroatoms. The van der Waals surface area contributed by atoms with Crippen molar-refractivity contribution in [2.45, 2.75) is 51.2 Å². The van der Waals surface area contributed by atoms with Crippen molar-refractivity contribution in [1.82, 2.24) is 4.90 Å². The van der Waals surface area contributed by atoms with Crippen LogP contribution in [0.1, 0.15) is 38.2 Å². The first-order valence-electron chi connectivity index (χ1n) is 7.04. The van der Waals surface area contributed by atoms with E-state index in [-0.39, 0.29) is 0 Å². The van der Waals surface area contributed by atoms with Crippen molar-refractivity contribution in [2.75, 3.05) is 0 Å². The molecule has 2 heterocycles. The lowest BCUT2D eigenvalue weighted by Crippen LogP contribution is -2.43. The van der Waals surface area contributed by atoms with Gasteiger partial charge in [0.15, 0.2) is 0 Å². The van der Waals surface area contributed by atoms with Crippen LogP contribution in [0, 0.1) is 5.92 Å². The minimum absolute atomic E-state index is 0.328. The largest absolute Gasteiger partial charge is 0.300 e. The van der Waals surface area contributed by atoms with Gasteiger partial charge in [-0.2, -0.15) is 0 Å². The van der Waals surface area contributed by atoms with Gasteiger partial charge in [0.25, 0.3) is 0 Å². The Hall–Kier alpha value is -1.15. The summed E-state index contributed by atoms with van der Waals surface area (Å²) in [6, 6.07) is 12.0. The van der Waals surface area contributed by atoms with E-state index in [0.717, 1.165) is 19.4 Å². The Labute approximate surface area is 109 Å². The van der Waals surface area contributed by atoms with Crippen molar-refractivity contribution in [3.63, 3.8) is 0 Å². The van der Waals surface area contributed by atoms with Crippen LogP contribution in [-0.2, 0) is 11.3 Å². The summed E-state index contributed by atoms with van der Waals surface area (Å²) in [7, 11) is 0. The molecule has 96 valence electrons. The number of hydrogen-bond acceptors (Lipinski definition) is 2. The Morgan fingerprint density at radius 1 is 1.17 bits per heavy atom. The van der Waals surface area contributed by atoms with E-state index in [0.29, 0.717) is 23.8 Å². The molecule has 2 nitrogen and oxygen atoms in total. The van der Waals surface area contributed by atoms with E-state index in [1.54, 1.807) is 6.92 Å². The minimum Gasteiger partial charge on any atom is -0.300 e. The zero-order valence-electron chi connectivity index (χ0n) is 11.0. The Morgan fingerprint density at radius 3 is 2.33 bits per heavy atom. The monoisotopic (exact) mass is 243 g/mol. The summed E-state index contributed by atoms with van der Waals surface area (Å²) in [5.41, 5.74) is 1.40. The van der Waals surface area contributed by atoms with E-state index < -0.39 is 0 Å². The van der Waals surface area contributed by atoms with Gasteiger partial charge >= 0.3 is 0 Å². The molecule has 2 fully saturated rings. The molecular weight excluding hydrogens is 222 g/mol. The third-order valence-corrected chi connectivity index (χ3v) is 4.67. The summed E-state index contributed by atoms with van der Waals surface area (Å²) in [4.78, 5) is 14.2. The van der Waals surface area contributed by atoms with E-state index in [9.17, 15) is 4.79 Å². The first kappa shape index (κ1) is 11.9.